The van der Waals surface area contributed by atoms with E-state index >= 15 is 0 Å². The van der Waals surface area contributed by atoms with Gasteiger partial charge in [-0.05, 0) is 32.2 Å². The van der Waals surface area contributed by atoms with Crippen LogP contribution in [0.15, 0.2) is 6.20 Å². The van der Waals surface area contributed by atoms with Crippen LogP contribution in [-0.2, 0) is 16.6 Å². The summed E-state index contributed by atoms with van der Waals surface area (Å²) in [5.41, 5.74) is 5.76. The molecule has 2 N–H and O–H groups in total. The lowest BCUT2D eigenvalue weighted by Gasteiger charge is -2.31. The Morgan fingerprint density at radius 3 is 2.94 bits per heavy atom. The molecule has 0 aliphatic carbocycles. The molecule has 1 aromatic heterocycles. The molecule has 0 bridgehead atoms. The van der Waals surface area contributed by atoms with E-state index in [1.807, 2.05) is 17.5 Å². The van der Waals surface area contributed by atoms with Crippen LogP contribution in [0.4, 0.5) is 0 Å². The number of nitrogens with zero attached hydrogens (tertiary/aromatic N) is 1. The normalized spacial score (nSPS) is 19.9. The van der Waals surface area contributed by atoms with Gasteiger partial charge in [0.05, 0.1) is 5.01 Å². The van der Waals surface area contributed by atoms with E-state index in [-0.39, 0.29) is 5.41 Å². The third-order valence-corrected chi connectivity index (χ3v) is 4.66. The topological polar surface area (TPSA) is 48.1 Å². The fraction of sp³-hybridized carbons (Fsp3) is 0.750. The zero-order valence-corrected chi connectivity index (χ0v) is 10.7. The molecule has 0 amide bonds. The molecule has 1 saturated heterocycles. The standard InChI is InChI=1S/C12H20N2OS/c1-12(4-7-15-8-5-12)11-14-9-10(16-11)3-2-6-13/h9H,2-8,13H2,1H3. The van der Waals surface area contributed by atoms with Gasteiger partial charge in [-0.1, -0.05) is 6.92 Å². The monoisotopic (exact) mass is 240 g/mol. The van der Waals surface area contributed by atoms with Gasteiger partial charge in [0.15, 0.2) is 0 Å². The van der Waals surface area contributed by atoms with Gasteiger partial charge in [0, 0.05) is 29.7 Å². The van der Waals surface area contributed by atoms with Crippen LogP contribution in [0.25, 0.3) is 0 Å². The molecule has 1 aromatic rings. The minimum absolute atomic E-state index is 0.240. The van der Waals surface area contributed by atoms with Gasteiger partial charge in [-0.3, -0.25) is 0 Å². The van der Waals surface area contributed by atoms with E-state index in [0.717, 1.165) is 45.4 Å². The first kappa shape index (κ1) is 12.0. The van der Waals surface area contributed by atoms with Gasteiger partial charge in [0.1, 0.15) is 0 Å². The zero-order valence-electron chi connectivity index (χ0n) is 9.87. The molecule has 0 radical (unpaired) electrons. The molecule has 0 saturated carbocycles. The number of aryl methyl sites for hydroxylation is 1. The van der Waals surface area contributed by atoms with Gasteiger partial charge < -0.3 is 10.5 Å². The summed E-state index contributed by atoms with van der Waals surface area (Å²) in [4.78, 5) is 5.96. The molecule has 1 aliphatic rings. The number of thiazole rings is 1. The SMILES string of the molecule is CC1(c2ncc(CCCN)s2)CCOCC1. The first-order valence-corrected chi connectivity index (χ1v) is 6.79. The van der Waals surface area contributed by atoms with Crippen LogP contribution in [0, 0.1) is 0 Å². The highest BCUT2D eigenvalue weighted by atomic mass is 32.1. The van der Waals surface area contributed by atoms with Crippen molar-refractivity contribution in [3.8, 4) is 0 Å². The Balaban J connectivity index is 2.05. The lowest BCUT2D eigenvalue weighted by atomic mass is 9.83. The van der Waals surface area contributed by atoms with E-state index in [9.17, 15) is 0 Å². The van der Waals surface area contributed by atoms with Crippen molar-refractivity contribution in [3.63, 3.8) is 0 Å². The van der Waals surface area contributed by atoms with E-state index in [1.165, 1.54) is 9.88 Å². The Hall–Kier alpha value is -0.450. The quantitative estimate of drug-likeness (QED) is 0.877. The number of hydrogen-bond donors (Lipinski definition) is 1. The van der Waals surface area contributed by atoms with E-state index in [2.05, 4.69) is 11.9 Å². The van der Waals surface area contributed by atoms with Crippen molar-refractivity contribution >= 4 is 11.3 Å². The third kappa shape index (κ3) is 2.62. The largest absolute Gasteiger partial charge is 0.381 e. The molecule has 4 heteroatoms. The lowest BCUT2D eigenvalue weighted by molar-refractivity contribution is 0.0563. The van der Waals surface area contributed by atoms with Crippen molar-refractivity contribution in [2.45, 2.75) is 38.0 Å². The van der Waals surface area contributed by atoms with Crippen LogP contribution in [0.3, 0.4) is 0 Å². The number of ether oxygens (including phenoxy) is 1. The number of hydrogen-bond acceptors (Lipinski definition) is 4. The predicted octanol–water partition coefficient (Wildman–Crippen LogP) is 2.10. The summed E-state index contributed by atoms with van der Waals surface area (Å²) < 4.78 is 5.42. The molecule has 16 heavy (non-hydrogen) atoms. The van der Waals surface area contributed by atoms with Gasteiger partial charge >= 0.3 is 0 Å². The Morgan fingerprint density at radius 2 is 2.25 bits per heavy atom. The molecule has 0 unspecified atom stereocenters. The second-order valence-corrected chi connectivity index (χ2v) is 5.81. The highest BCUT2D eigenvalue weighted by Gasteiger charge is 2.32. The zero-order chi connectivity index (χ0) is 11.4. The predicted molar refractivity (Wildman–Crippen MR) is 66.9 cm³/mol. The lowest BCUT2D eigenvalue weighted by Crippen LogP contribution is -2.30. The maximum Gasteiger partial charge on any atom is 0.0988 e. The van der Waals surface area contributed by atoms with E-state index < -0.39 is 0 Å². The molecule has 2 heterocycles. The Labute approximate surface area is 101 Å². The summed E-state index contributed by atoms with van der Waals surface area (Å²) in [6, 6.07) is 0. The smallest absolute Gasteiger partial charge is 0.0988 e. The maximum absolute atomic E-state index is 5.52. The second-order valence-electron chi connectivity index (χ2n) is 4.70. The molecule has 1 fully saturated rings. The number of nitrogens with two attached hydrogens (primary N) is 1. The minimum atomic E-state index is 0.240. The van der Waals surface area contributed by atoms with Gasteiger partial charge in [-0.2, -0.15) is 0 Å². The van der Waals surface area contributed by atoms with Gasteiger partial charge in [0.2, 0.25) is 0 Å². The Morgan fingerprint density at radius 1 is 1.50 bits per heavy atom. The summed E-state index contributed by atoms with van der Waals surface area (Å²) in [6.45, 7) is 4.81. The average molecular weight is 240 g/mol. The first-order valence-electron chi connectivity index (χ1n) is 5.97. The molecule has 1 aliphatic heterocycles. The Kier molecular flexibility index (Phi) is 3.95. The van der Waals surface area contributed by atoms with Gasteiger partial charge in [-0.25, -0.2) is 4.98 Å². The Bertz CT molecular complexity index is 332. The molecule has 0 atom stereocenters. The first-order chi connectivity index (χ1) is 7.74. The van der Waals surface area contributed by atoms with E-state index in [4.69, 9.17) is 10.5 Å². The summed E-state index contributed by atoms with van der Waals surface area (Å²) in [5, 5.41) is 1.28. The van der Waals surface area contributed by atoms with Crippen molar-refractivity contribution in [3.05, 3.63) is 16.1 Å². The van der Waals surface area contributed by atoms with Crippen LogP contribution in [-0.4, -0.2) is 24.7 Å². The van der Waals surface area contributed by atoms with Crippen molar-refractivity contribution in [1.29, 1.82) is 0 Å². The van der Waals surface area contributed by atoms with Crippen LogP contribution in [0.5, 0.6) is 0 Å². The van der Waals surface area contributed by atoms with Crippen molar-refractivity contribution in [2.24, 2.45) is 5.73 Å². The van der Waals surface area contributed by atoms with Gasteiger partial charge in [-0.15, -0.1) is 11.3 Å². The van der Waals surface area contributed by atoms with E-state index in [1.54, 1.807) is 0 Å². The van der Waals surface area contributed by atoms with Crippen molar-refractivity contribution < 1.29 is 4.74 Å². The third-order valence-electron chi connectivity index (χ3n) is 3.29. The highest BCUT2D eigenvalue weighted by molar-refractivity contribution is 7.11. The van der Waals surface area contributed by atoms with Crippen molar-refractivity contribution in [1.82, 2.24) is 4.98 Å². The van der Waals surface area contributed by atoms with Crippen LogP contribution < -0.4 is 5.73 Å². The van der Waals surface area contributed by atoms with Crippen LogP contribution >= 0.6 is 11.3 Å². The molecule has 2 rings (SSSR count). The summed E-state index contributed by atoms with van der Waals surface area (Å²) in [7, 11) is 0. The highest BCUT2D eigenvalue weighted by Crippen LogP contribution is 2.36. The van der Waals surface area contributed by atoms with E-state index in [0.29, 0.717) is 0 Å². The number of rotatable bonds is 4. The molecular formula is C12H20N2OS. The molecule has 90 valence electrons. The summed E-state index contributed by atoms with van der Waals surface area (Å²) in [5.74, 6) is 0. The second kappa shape index (κ2) is 5.25. The van der Waals surface area contributed by atoms with Crippen molar-refractivity contribution in [2.75, 3.05) is 19.8 Å². The van der Waals surface area contributed by atoms with Crippen LogP contribution in [0.2, 0.25) is 0 Å². The fourth-order valence-corrected chi connectivity index (χ4v) is 3.17. The molecule has 0 spiro atoms. The van der Waals surface area contributed by atoms with Crippen LogP contribution in [0.1, 0.15) is 36.1 Å². The summed E-state index contributed by atoms with van der Waals surface area (Å²) in [6.07, 6.45) is 6.34. The van der Waals surface area contributed by atoms with Gasteiger partial charge in [0.25, 0.3) is 0 Å². The minimum Gasteiger partial charge on any atom is -0.381 e. The molecule has 3 nitrogen and oxygen atoms in total. The fourth-order valence-electron chi connectivity index (χ4n) is 2.01. The number of aromatic nitrogens is 1. The summed E-state index contributed by atoms with van der Waals surface area (Å²) >= 11 is 1.86. The molecular weight excluding hydrogens is 220 g/mol. The maximum atomic E-state index is 5.52. The molecule has 0 aromatic carbocycles. The average Bonchev–Trinajstić information content (AvgIpc) is 2.77.